The molecule has 1 unspecified atom stereocenters. The lowest BCUT2D eigenvalue weighted by molar-refractivity contribution is -0.145. The van der Waals surface area contributed by atoms with Crippen molar-refractivity contribution in [2.24, 2.45) is 0 Å². The molecule has 5 nitrogen and oxygen atoms in total. The number of ether oxygens (including phenoxy) is 1. The smallest absolute Gasteiger partial charge is 0.344 e. The second-order valence-corrected chi connectivity index (χ2v) is 7.45. The molecule has 2 aromatic carbocycles. The standard InChI is InChI=1S/C20H17NO4S2/c1-2-16(19(23)24)25-15-10-8-13(9-11-15)12-17-18(22)21(20(26)27-17)14-6-4-3-5-7-14/h3-12,16H,2H2,1H3,(H,23,24)/b17-12+. The third-order valence-corrected chi connectivity index (χ3v) is 5.21. The minimum Gasteiger partial charge on any atom is -0.479 e. The van der Waals surface area contributed by atoms with Gasteiger partial charge in [-0.1, -0.05) is 61.2 Å². The fourth-order valence-electron chi connectivity index (χ4n) is 2.53. The van der Waals surface area contributed by atoms with E-state index in [9.17, 15) is 9.59 Å². The molecule has 0 aliphatic carbocycles. The summed E-state index contributed by atoms with van der Waals surface area (Å²) >= 11 is 6.60. The molecule has 2 aromatic rings. The molecule has 3 rings (SSSR count). The van der Waals surface area contributed by atoms with E-state index < -0.39 is 12.1 Å². The Morgan fingerprint density at radius 1 is 1.22 bits per heavy atom. The first-order valence-electron chi connectivity index (χ1n) is 8.32. The van der Waals surface area contributed by atoms with Gasteiger partial charge < -0.3 is 9.84 Å². The topological polar surface area (TPSA) is 66.8 Å². The Kier molecular flexibility index (Phi) is 5.93. The van der Waals surface area contributed by atoms with E-state index in [1.165, 1.54) is 16.7 Å². The molecule has 0 bridgehead atoms. The van der Waals surface area contributed by atoms with E-state index in [0.717, 1.165) is 11.3 Å². The SMILES string of the molecule is CCC(Oc1ccc(/C=C2/SC(=S)N(c3ccccc3)C2=O)cc1)C(=O)O. The van der Waals surface area contributed by atoms with Gasteiger partial charge in [0.1, 0.15) is 5.75 Å². The summed E-state index contributed by atoms with van der Waals surface area (Å²) in [4.78, 5) is 25.8. The highest BCUT2D eigenvalue weighted by Crippen LogP contribution is 2.36. The van der Waals surface area contributed by atoms with Crippen molar-refractivity contribution < 1.29 is 19.4 Å². The van der Waals surface area contributed by atoms with E-state index >= 15 is 0 Å². The van der Waals surface area contributed by atoms with Crippen molar-refractivity contribution in [2.75, 3.05) is 4.90 Å². The minimum atomic E-state index is -0.994. The highest BCUT2D eigenvalue weighted by molar-refractivity contribution is 8.27. The zero-order valence-corrected chi connectivity index (χ0v) is 16.1. The molecule has 1 aliphatic rings. The summed E-state index contributed by atoms with van der Waals surface area (Å²) in [6, 6.07) is 16.2. The van der Waals surface area contributed by atoms with Gasteiger partial charge in [0.05, 0.1) is 10.6 Å². The van der Waals surface area contributed by atoms with Crippen molar-refractivity contribution in [2.45, 2.75) is 19.4 Å². The first-order valence-corrected chi connectivity index (χ1v) is 9.54. The van der Waals surface area contributed by atoms with Crippen molar-refractivity contribution in [1.82, 2.24) is 0 Å². The summed E-state index contributed by atoms with van der Waals surface area (Å²) in [5.74, 6) is -0.683. The lowest BCUT2D eigenvalue weighted by Crippen LogP contribution is -2.27. The number of carboxylic acids is 1. The van der Waals surface area contributed by atoms with Crippen LogP contribution in [0.3, 0.4) is 0 Å². The lowest BCUT2D eigenvalue weighted by atomic mass is 10.2. The van der Waals surface area contributed by atoms with Gasteiger partial charge in [0.25, 0.3) is 5.91 Å². The van der Waals surface area contributed by atoms with Crippen LogP contribution in [-0.2, 0) is 9.59 Å². The van der Waals surface area contributed by atoms with Crippen LogP contribution in [0.2, 0.25) is 0 Å². The van der Waals surface area contributed by atoms with E-state index in [1.54, 1.807) is 37.3 Å². The summed E-state index contributed by atoms with van der Waals surface area (Å²) in [6.07, 6.45) is 1.26. The average molecular weight is 399 g/mol. The molecule has 1 fully saturated rings. The van der Waals surface area contributed by atoms with Gasteiger partial charge in [-0.3, -0.25) is 9.69 Å². The van der Waals surface area contributed by atoms with Crippen LogP contribution in [0.1, 0.15) is 18.9 Å². The van der Waals surface area contributed by atoms with Gasteiger partial charge in [0.2, 0.25) is 0 Å². The Balaban J connectivity index is 1.76. The molecule has 1 N–H and O–H groups in total. The van der Waals surface area contributed by atoms with Crippen LogP contribution >= 0.6 is 24.0 Å². The maximum absolute atomic E-state index is 12.7. The van der Waals surface area contributed by atoms with E-state index in [0.29, 0.717) is 21.4 Å². The van der Waals surface area contributed by atoms with Crippen molar-refractivity contribution >= 4 is 51.9 Å². The second-order valence-electron chi connectivity index (χ2n) is 5.77. The van der Waals surface area contributed by atoms with E-state index in [2.05, 4.69) is 0 Å². The predicted octanol–water partition coefficient (Wildman–Crippen LogP) is 4.33. The summed E-state index contributed by atoms with van der Waals surface area (Å²) in [5.41, 5.74) is 1.55. The van der Waals surface area contributed by atoms with Gasteiger partial charge in [-0.2, -0.15) is 0 Å². The fraction of sp³-hybridized carbons (Fsp3) is 0.150. The third-order valence-electron chi connectivity index (χ3n) is 3.91. The number of para-hydroxylation sites is 1. The molecule has 0 radical (unpaired) electrons. The third kappa shape index (κ3) is 4.37. The number of hydrogen-bond donors (Lipinski definition) is 1. The van der Waals surface area contributed by atoms with Crippen LogP contribution in [0.5, 0.6) is 5.75 Å². The van der Waals surface area contributed by atoms with Crippen molar-refractivity contribution in [3.05, 3.63) is 65.1 Å². The van der Waals surface area contributed by atoms with Gasteiger partial charge in [0.15, 0.2) is 10.4 Å². The van der Waals surface area contributed by atoms with Gasteiger partial charge in [0, 0.05) is 0 Å². The van der Waals surface area contributed by atoms with E-state index in [4.69, 9.17) is 22.1 Å². The largest absolute Gasteiger partial charge is 0.479 e. The van der Waals surface area contributed by atoms with Crippen molar-refractivity contribution in [3.63, 3.8) is 0 Å². The fourth-order valence-corrected chi connectivity index (χ4v) is 3.83. The van der Waals surface area contributed by atoms with Crippen LogP contribution in [0, 0.1) is 0 Å². The van der Waals surface area contributed by atoms with Gasteiger partial charge in [-0.15, -0.1) is 0 Å². The molecule has 27 heavy (non-hydrogen) atoms. The molecule has 0 spiro atoms. The van der Waals surface area contributed by atoms with Crippen LogP contribution in [-0.4, -0.2) is 27.4 Å². The molecule has 1 atom stereocenters. The highest BCUT2D eigenvalue weighted by Gasteiger charge is 2.33. The van der Waals surface area contributed by atoms with Gasteiger partial charge in [-0.05, 0) is 42.3 Å². The molecule has 1 amide bonds. The number of amides is 1. The van der Waals surface area contributed by atoms with E-state index in [-0.39, 0.29) is 5.91 Å². The monoisotopic (exact) mass is 399 g/mol. The Hall–Kier alpha value is -2.64. The quantitative estimate of drug-likeness (QED) is 0.576. The molecule has 0 saturated carbocycles. The number of hydrogen-bond acceptors (Lipinski definition) is 5. The minimum absolute atomic E-state index is 0.159. The number of nitrogens with zero attached hydrogens (tertiary/aromatic N) is 1. The maximum atomic E-state index is 12.7. The van der Waals surface area contributed by atoms with Crippen LogP contribution in [0.15, 0.2) is 59.5 Å². The number of carbonyl (C=O) groups excluding carboxylic acids is 1. The summed E-state index contributed by atoms with van der Waals surface area (Å²) < 4.78 is 5.93. The predicted molar refractivity (Wildman–Crippen MR) is 111 cm³/mol. The molecular formula is C20H17NO4S2. The van der Waals surface area contributed by atoms with Crippen molar-refractivity contribution in [3.8, 4) is 5.75 Å². The molecule has 1 saturated heterocycles. The number of carbonyl (C=O) groups is 2. The van der Waals surface area contributed by atoms with Gasteiger partial charge >= 0.3 is 5.97 Å². The average Bonchev–Trinajstić information content (AvgIpc) is 2.94. The Bertz CT molecular complexity index is 894. The zero-order chi connectivity index (χ0) is 19.4. The normalized spacial score (nSPS) is 16.6. The van der Waals surface area contributed by atoms with Crippen LogP contribution in [0.4, 0.5) is 5.69 Å². The molecular weight excluding hydrogens is 382 g/mol. The second kappa shape index (κ2) is 8.37. The van der Waals surface area contributed by atoms with Gasteiger partial charge in [-0.25, -0.2) is 4.79 Å². The number of anilines is 1. The molecule has 138 valence electrons. The number of rotatable bonds is 6. The molecule has 0 aromatic heterocycles. The summed E-state index contributed by atoms with van der Waals surface area (Å²) in [5, 5.41) is 9.06. The number of thioether (sulfide) groups is 1. The Morgan fingerprint density at radius 3 is 2.48 bits per heavy atom. The maximum Gasteiger partial charge on any atom is 0.344 e. The number of thiocarbonyl (C=S) groups is 1. The first-order chi connectivity index (χ1) is 13.0. The molecule has 7 heteroatoms. The number of aliphatic carboxylic acids is 1. The summed E-state index contributed by atoms with van der Waals surface area (Å²) in [6.45, 7) is 1.75. The first kappa shape index (κ1) is 19.1. The molecule has 1 aliphatic heterocycles. The summed E-state index contributed by atoms with van der Waals surface area (Å²) in [7, 11) is 0. The number of carboxylic acid groups (broad SMARTS) is 1. The number of benzene rings is 2. The zero-order valence-electron chi connectivity index (χ0n) is 14.5. The van der Waals surface area contributed by atoms with E-state index in [1.807, 2.05) is 30.3 Å². The van der Waals surface area contributed by atoms with Crippen LogP contribution in [0.25, 0.3) is 6.08 Å². The lowest BCUT2D eigenvalue weighted by Gasteiger charge is -2.14. The molecule has 1 heterocycles. The highest BCUT2D eigenvalue weighted by atomic mass is 32.2. The Labute approximate surface area is 166 Å². The van der Waals surface area contributed by atoms with Crippen LogP contribution < -0.4 is 9.64 Å². The Morgan fingerprint density at radius 2 is 1.89 bits per heavy atom. The van der Waals surface area contributed by atoms with Crippen molar-refractivity contribution in [1.29, 1.82) is 0 Å².